The van der Waals surface area contributed by atoms with E-state index in [9.17, 15) is 10.2 Å². The van der Waals surface area contributed by atoms with Gasteiger partial charge in [0.1, 0.15) is 0 Å². The molecule has 4 heteroatoms. The fraction of sp³-hybridized carbons (Fsp3) is 0.625. The van der Waals surface area contributed by atoms with Gasteiger partial charge in [-0.1, -0.05) is 32.8 Å². The highest BCUT2D eigenvalue weighted by Gasteiger charge is 2.15. The Hall–Kier alpha value is -1.26. The predicted molar refractivity (Wildman–Crippen MR) is 84.9 cm³/mol. The number of benzene rings is 1. The number of nitrogens with zero attached hydrogens (tertiary/aromatic N) is 1. The third-order valence-corrected chi connectivity index (χ3v) is 3.34. The number of rotatable bonds is 9. The van der Waals surface area contributed by atoms with Crippen molar-refractivity contribution in [3.8, 4) is 0 Å². The van der Waals surface area contributed by atoms with Gasteiger partial charge in [0.25, 0.3) is 0 Å². The molecule has 0 aliphatic carbocycles. The Bertz CT molecular complexity index is 370. The molecule has 0 saturated carbocycles. The lowest BCUT2D eigenvalue weighted by molar-refractivity contribution is 0.147. The summed E-state index contributed by atoms with van der Waals surface area (Å²) in [5.74, 6) is 0. The summed E-state index contributed by atoms with van der Waals surface area (Å²) in [5.41, 5.74) is 7.47. The van der Waals surface area contributed by atoms with Crippen LogP contribution < -0.4 is 10.6 Å². The SMILES string of the molecule is CCCC(O)CN(CC(O)CCC)c1cccc(N)c1. The second-order valence-corrected chi connectivity index (χ2v) is 5.38. The molecular weight excluding hydrogens is 252 g/mol. The van der Waals surface area contributed by atoms with E-state index < -0.39 is 0 Å². The molecule has 0 spiro atoms. The highest BCUT2D eigenvalue weighted by atomic mass is 16.3. The van der Waals surface area contributed by atoms with Crippen molar-refractivity contribution in [1.82, 2.24) is 0 Å². The van der Waals surface area contributed by atoms with Crippen LogP contribution in [-0.2, 0) is 0 Å². The number of hydrogen-bond acceptors (Lipinski definition) is 4. The van der Waals surface area contributed by atoms with Crippen molar-refractivity contribution in [3.05, 3.63) is 24.3 Å². The summed E-state index contributed by atoms with van der Waals surface area (Å²) in [5, 5.41) is 20.1. The number of aliphatic hydroxyl groups is 2. The van der Waals surface area contributed by atoms with E-state index >= 15 is 0 Å². The molecule has 0 aliphatic rings. The van der Waals surface area contributed by atoms with Crippen LogP contribution in [0.4, 0.5) is 11.4 Å². The molecule has 20 heavy (non-hydrogen) atoms. The molecule has 0 saturated heterocycles. The summed E-state index contributed by atoms with van der Waals surface area (Å²) < 4.78 is 0. The standard InChI is InChI=1S/C16H28N2O2/c1-3-6-15(19)11-18(12-16(20)7-4-2)14-9-5-8-13(17)10-14/h5,8-10,15-16,19-20H,3-4,6-7,11-12,17H2,1-2H3. The summed E-state index contributed by atoms with van der Waals surface area (Å²) in [7, 11) is 0. The zero-order valence-electron chi connectivity index (χ0n) is 12.6. The highest BCUT2D eigenvalue weighted by Crippen LogP contribution is 2.19. The van der Waals surface area contributed by atoms with Gasteiger partial charge in [0.05, 0.1) is 12.2 Å². The Morgan fingerprint density at radius 2 is 1.60 bits per heavy atom. The largest absolute Gasteiger partial charge is 0.399 e. The molecule has 1 aromatic carbocycles. The smallest absolute Gasteiger partial charge is 0.0715 e. The van der Waals surface area contributed by atoms with Crippen molar-refractivity contribution < 1.29 is 10.2 Å². The van der Waals surface area contributed by atoms with Crippen molar-refractivity contribution in [2.24, 2.45) is 0 Å². The van der Waals surface area contributed by atoms with Crippen LogP contribution in [0.1, 0.15) is 39.5 Å². The van der Waals surface area contributed by atoms with Gasteiger partial charge in [-0.15, -0.1) is 0 Å². The minimum absolute atomic E-state index is 0.379. The maximum Gasteiger partial charge on any atom is 0.0715 e. The second-order valence-electron chi connectivity index (χ2n) is 5.38. The van der Waals surface area contributed by atoms with Gasteiger partial charge in [-0.25, -0.2) is 0 Å². The van der Waals surface area contributed by atoms with Crippen molar-refractivity contribution in [2.75, 3.05) is 23.7 Å². The summed E-state index contributed by atoms with van der Waals surface area (Å²) in [6.45, 7) is 5.16. The van der Waals surface area contributed by atoms with Gasteiger partial charge in [-0.3, -0.25) is 0 Å². The third kappa shape index (κ3) is 5.80. The Balaban J connectivity index is 2.77. The van der Waals surface area contributed by atoms with E-state index in [2.05, 4.69) is 13.8 Å². The van der Waals surface area contributed by atoms with E-state index in [1.807, 2.05) is 29.2 Å². The fourth-order valence-electron chi connectivity index (χ4n) is 2.36. The summed E-state index contributed by atoms with van der Waals surface area (Å²) in [6.07, 6.45) is 2.67. The number of nitrogen functional groups attached to an aromatic ring is 1. The maximum atomic E-state index is 10.0. The molecule has 4 nitrogen and oxygen atoms in total. The predicted octanol–water partition coefficient (Wildman–Crippen LogP) is 2.40. The summed E-state index contributed by atoms with van der Waals surface area (Å²) >= 11 is 0. The Labute approximate surface area is 122 Å². The van der Waals surface area contributed by atoms with E-state index in [4.69, 9.17) is 5.73 Å². The molecular formula is C16H28N2O2. The molecule has 4 N–H and O–H groups in total. The minimum atomic E-state index is -0.379. The zero-order chi connectivity index (χ0) is 15.0. The average molecular weight is 280 g/mol. The van der Waals surface area contributed by atoms with Crippen LogP contribution in [0.2, 0.25) is 0 Å². The van der Waals surface area contributed by atoms with Gasteiger partial charge in [0.2, 0.25) is 0 Å². The van der Waals surface area contributed by atoms with Gasteiger partial charge in [0.15, 0.2) is 0 Å². The van der Waals surface area contributed by atoms with Gasteiger partial charge in [-0.2, -0.15) is 0 Å². The van der Waals surface area contributed by atoms with Crippen LogP contribution in [0.15, 0.2) is 24.3 Å². The first-order chi connectivity index (χ1) is 9.56. The van der Waals surface area contributed by atoms with Crippen LogP contribution >= 0.6 is 0 Å². The van der Waals surface area contributed by atoms with E-state index in [0.29, 0.717) is 18.8 Å². The molecule has 114 valence electrons. The number of hydrogen-bond donors (Lipinski definition) is 3. The Morgan fingerprint density at radius 3 is 2.05 bits per heavy atom. The van der Waals surface area contributed by atoms with Crippen LogP contribution in [0.3, 0.4) is 0 Å². The molecule has 1 aromatic rings. The highest BCUT2D eigenvalue weighted by molar-refractivity contribution is 5.56. The van der Waals surface area contributed by atoms with Crippen LogP contribution in [0.25, 0.3) is 0 Å². The molecule has 0 aliphatic heterocycles. The van der Waals surface area contributed by atoms with E-state index in [1.165, 1.54) is 0 Å². The Morgan fingerprint density at radius 1 is 1.05 bits per heavy atom. The van der Waals surface area contributed by atoms with Crippen LogP contribution in [0.5, 0.6) is 0 Å². The first kappa shape index (κ1) is 16.8. The minimum Gasteiger partial charge on any atom is -0.399 e. The van der Waals surface area contributed by atoms with Gasteiger partial charge in [-0.05, 0) is 31.0 Å². The fourth-order valence-corrected chi connectivity index (χ4v) is 2.36. The molecule has 0 radical (unpaired) electrons. The Kier molecular flexibility index (Phi) is 7.41. The number of anilines is 2. The molecule has 0 aromatic heterocycles. The topological polar surface area (TPSA) is 69.7 Å². The summed E-state index contributed by atoms with van der Waals surface area (Å²) in [4.78, 5) is 2.02. The van der Waals surface area contributed by atoms with Crippen LogP contribution in [-0.4, -0.2) is 35.5 Å². The third-order valence-electron chi connectivity index (χ3n) is 3.34. The van der Waals surface area contributed by atoms with Crippen molar-refractivity contribution >= 4 is 11.4 Å². The molecule has 0 fully saturated rings. The van der Waals surface area contributed by atoms with Gasteiger partial charge < -0.3 is 20.8 Å². The number of aliphatic hydroxyl groups excluding tert-OH is 2. The summed E-state index contributed by atoms with van der Waals surface area (Å²) in [6, 6.07) is 7.59. The molecule has 2 atom stereocenters. The molecule has 0 amide bonds. The molecule has 0 heterocycles. The first-order valence-corrected chi connectivity index (χ1v) is 7.53. The van der Waals surface area contributed by atoms with Crippen molar-refractivity contribution in [1.29, 1.82) is 0 Å². The lowest BCUT2D eigenvalue weighted by atomic mass is 10.1. The monoisotopic (exact) mass is 280 g/mol. The maximum absolute atomic E-state index is 10.0. The van der Waals surface area contributed by atoms with Gasteiger partial charge >= 0.3 is 0 Å². The van der Waals surface area contributed by atoms with E-state index in [1.54, 1.807) is 0 Å². The lowest BCUT2D eigenvalue weighted by Gasteiger charge is -2.29. The second kappa shape index (κ2) is 8.82. The van der Waals surface area contributed by atoms with E-state index in [-0.39, 0.29) is 12.2 Å². The van der Waals surface area contributed by atoms with Gasteiger partial charge in [0, 0.05) is 24.5 Å². The quantitative estimate of drug-likeness (QED) is 0.608. The average Bonchev–Trinajstić information content (AvgIpc) is 2.38. The zero-order valence-corrected chi connectivity index (χ0v) is 12.6. The first-order valence-electron chi connectivity index (χ1n) is 7.53. The van der Waals surface area contributed by atoms with E-state index in [0.717, 1.165) is 31.4 Å². The van der Waals surface area contributed by atoms with Crippen LogP contribution in [0, 0.1) is 0 Å². The molecule has 0 bridgehead atoms. The van der Waals surface area contributed by atoms with Crippen molar-refractivity contribution in [3.63, 3.8) is 0 Å². The molecule has 1 rings (SSSR count). The number of nitrogens with two attached hydrogens (primary N) is 1. The molecule has 2 unspecified atom stereocenters. The normalized spacial score (nSPS) is 14.0. The lowest BCUT2D eigenvalue weighted by Crippen LogP contribution is -2.38. The van der Waals surface area contributed by atoms with Crippen molar-refractivity contribution in [2.45, 2.75) is 51.7 Å².